The summed E-state index contributed by atoms with van der Waals surface area (Å²) in [5.41, 5.74) is 2.93. The van der Waals surface area contributed by atoms with Crippen molar-refractivity contribution in [3.05, 3.63) is 42.0 Å². The van der Waals surface area contributed by atoms with E-state index in [9.17, 15) is 0 Å². The standard InChI is InChI=1S/C17H20N2/c1-18-10-4-8-15(18)12-19-11-14-7-2-5-13-6-3-9-16(19)17(13)14/h2-3,5-7,9,15H,4,8,10-12H2,1H3/t15-/m0/s1. The molecule has 1 saturated heterocycles. The fraction of sp³-hybridized carbons (Fsp3) is 0.412. The third-order valence-corrected chi connectivity index (χ3v) is 4.77. The van der Waals surface area contributed by atoms with Crippen molar-refractivity contribution in [2.24, 2.45) is 0 Å². The molecule has 2 aromatic rings. The maximum Gasteiger partial charge on any atom is 0.0452 e. The Morgan fingerprint density at radius 3 is 2.79 bits per heavy atom. The van der Waals surface area contributed by atoms with Gasteiger partial charge in [0, 0.05) is 30.2 Å². The third kappa shape index (κ3) is 1.74. The highest BCUT2D eigenvalue weighted by atomic mass is 15.2. The lowest BCUT2D eigenvalue weighted by atomic mass is 10.1. The Morgan fingerprint density at radius 2 is 2.00 bits per heavy atom. The van der Waals surface area contributed by atoms with Crippen LogP contribution in [0.4, 0.5) is 5.69 Å². The molecule has 0 N–H and O–H groups in total. The average Bonchev–Trinajstić information content (AvgIpc) is 2.98. The Morgan fingerprint density at radius 1 is 1.16 bits per heavy atom. The fourth-order valence-corrected chi connectivity index (χ4v) is 3.71. The molecule has 1 atom stereocenters. The smallest absolute Gasteiger partial charge is 0.0452 e. The molecule has 0 radical (unpaired) electrons. The molecule has 1 fully saturated rings. The molecule has 2 aliphatic heterocycles. The van der Waals surface area contributed by atoms with Crippen LogP contribution >= 0.6 is 0 Å². The number of hydrogen-bond donors (Lipinski definition) is 0. The number of anilines is 1. The van der Waals surface area contributed by atoms with E-state index in [1.165, 1.54) is 48.0 Å². The summed E-state index contributed by atoms with van der Waals surface area (Å²) < 4.78 is 0. The minimum absolute atomic E-state index is 0.726. The van der Waals surface area contributed by atoms with E-state index in [1.807, 2.05) is 0 Å². The first-order chi connectivity index (χ1) is 9.33. The quantitative estimate of drug-likeness (QED) is 0.809. The van der Waals surface area contributed by atoms with Crippen molar-refractivity contribution in [1.29, 1.82) is 0 Å². The van der Waals surface area contributed by atoms with Crippen molar-refractivity contribution in [3.63, 3.8) is 0 Å². The predicted molar refractivity (Wildman–Crippen MR) is 80.7 cm³/mol. The van der Waals surface area contributed by atoms with Gasteiger partial charge >= 0.3 is 0 Å². The highest BCUT2D eigenvalue weighted by molar-refractivity contribution is 5.99. The maximum atomic E-state index is 2.57. The summed E-state index contributed by atoms with van der Waals surface area (Å²) in [7, 11) is 2.27. The number of rotatable bonds is 2. The first-order valence-electron chi connectivity index (χ1n) is 7.29. The Bertz CT molecular complexity index is 614. The minimum Gasteiger partial charge on any atom is -0.365 e. The molecule has 2 heterocycles. The van der Waals surface area contributed by atoms with Crippen molar-refractivity contribution in [2.75, 3.05) is 25.0 Å². The molecule has 19 heavy (non-hydrogen) atoms. The Hall–Kier alpha value is -1.54. The van der Waals surface area contributed by atoms with Crippen molar-refractivity contribution in [2.45, 2.75) is 25.4 Å². The van der Waals surface area contributed by atoms with Gasteiger partial charge in [-0.3, -0.25) is 0 Å². The van der Waals surface area contributed by atoms with E-state index in [4.69, 9.17) is 0 Å². The molecule has 4 rings (SSSR count). The largest absolute Gasteiger partial charge is 0.365 e. The van der Waals surface area contributed by atoms with Crippen LogP contribution in [0.1, 0.15) is 18.4 Å². The van der Waals surface area contributed by atoms with Gasteiger partial charge in [0.15, 0.2) is 0 Å². The number of hydrogen-bond acceptors (Lipinski definition) is 2. The lowest BCUT2D eigenvalue weighted by Gasteiger charge is -2.27. The molecule has 2 nitrogen and oxygen atoms in total. The van der Waals surface area contributed by atoms with E-state index in [1.54, 1.807) is 0 Å². The third-order valence-electron chi connectivity index (χ3n) is 4.77. The van der Waals surface area contributed by atoms with E-state index in [0.29, 0.717) is 0 Å². The topological polar surface area (TPSA) is 6.48 Å². The minimum atomic E-state index is 0.726. The van der Waals surface area contributed by atoms with Crippen molar-refractivity contribution in [3.8, 4) is 0 Å². The SMILES string of the molecule is CN1CCC[C@H]1CN1Cc2cccc3cccc1c23. The monoisotopic (exact) mass is 252 g/mol. The molecule has 0 unspecified atom stereocenters. The van der Waals surface area contributed by atoms with Crippen molar-refractivity contribution in [1.82, 2.24) is 4.90 Å². The second-order valence-corrected chi connectivity index (χ2v) is 5.95. The summed E-state index contributed by atoms with van der Waals surface area (Å²) in [5, 5.41) is 2.86. The van der Waals surface area contributed by atoms with E-state index in [2.05, 4.69) is 53.2 Å². The zero-order valence-corrected chi connectivity index (χ0v) is 11.5. The van der Waals surface area contributed by atoms with Crippen molar-refractivity contribution >= 4 is 16.5 Å². The molecule has 0 saturated carbocycles. The van der Waals surface area contributed by atoms with Crippen LogP contribution in [0, 0.1) is 0 Å². The van der Waals surface area contributed by atoms with Crippen LogP contribution in [0.5, 0.6) is 0 Å². The van der Waals surface area contributed by atoms with Gasteiger partial charge in [0.1, 0.15) is 0 Å². The molecule has 0 spiro atoms. The zero-order chi connectivity index (χ0) is 12.8. The van der Waals surface area contributed by atoms with E-state index in [-0.39, 0.29) is 0 Å². The van der Waals surface area contributed by atoms with Gasteiger partial charge in [0.2, 0.25) is 0 Å². The first kappa shape index (κ1) is 11.3. The van der Waals surface area contributed by atoms with E-state index in [0.717, 1.165) is 12.6 Å². The van der Waals surface area contributed by atoms with Gasteiger partial charge < -0.3 is 9.80 Å². The molecule has 0 aromatic heterocycles. The van der Waals surface area contributed by atoms with Crippen LogP contribution in [-0.4, -0.2) is 31.1 Å². The maximum absolute atomic E-state index is 2.57. The van der Waals surface area contributed by atoms with Gasteiger partial charge in [-0.25, -0.2) is 0 Å². The fourth-order valence-electron chi connectivity index (χ4n) is 3.71. The van der Waals surface area contributed by atoms with Crippen LogP contribution in [0.15, 0.2) is 36.4 Å². The second-order valence-electron chi connectivity index (χ2n) is 5.95. The molecule has 98 valence electrons. The number of likely N-dealkylation sites (tertiary alicyclic amines) is 1. The molecular weight excluding hydrogens is 232 g/mol. The lowest BCUT2D eigenvalue weighted by Crippen LogP contribution is -2.37. The Kier molecular flexibility index (Phi) is 2.52. The van der Waals surface area contributed by atoms with Crippen LogP contribution in [0.2, 0.25) is 0 Å². The molecule has 0 amide bonds. The van der Waals surface area contributed by atoms with Gasteiger partial charge in [0.25, 0.3) is 0 Å². The van der Waals surface area contributed by atoms with Crippen LogP contribution < -0.4 is 4.90 Å². The van der Waals surface area contributed by atoms with Gasteiger partial charge in [-0.05, 0) is 43.5 Å². The average molecular weight is 252 g/mol. The Balaban J connectivity index is 1.69. The zero-order valence-electron chi connectivity index (χ0n) is 11.5. The second kappa shape index (κ2) is 4.24. The highest BCUT2D eigenvalue weighted by Gasteiger charge is 2.27. The summed E-state index contributed by atoms with van der Waals surface area (Å²) in [4.78, 5) is 5.09. The first-order valence-corrected chi connectivity index (χ1v) is 7.29. The summed E-state index contributed by atoms with van der Waals surface area (Å²) >= 11 is 0. The predicted octanol–water partition coefficient (Wildman–Crippen LogP) is 3.25. The lowest BCUT2D eigenvalue weighted by molar-refractivity contribution is 0.312. The van der Waals surface area contributed by atoms with Gasteiger partial charge in [0.05, 0.1) is 0 Å². The molecule has 0 bridgehead atoms. The molecule has 2 heteroatoms. The van der Waals surface area contributed by atoms with Gasteiger partial charge in [-0.2, -0.15) is 0 Å². The van der Waals surface area contributed by atoms with Crippen LogP contribution in [0.3, 0.4) is 0 Å². The van der Waals surface area contributed by atoms with E-state index >= 15 is 0 Å². The number of likely N-dealkylation sites (N-methyl/N-ethyl adjacent to an activating group) is 1. The van der Waals surface area contributed by atoms with Gasteiger partial charge in [-0.1, -0.05) is 30.3 Å². The summed E-state index contributed by atoms with van der Waals surface area (Å²) in [5.74, 6) is 0. The molecule has 2 aliphatic rings. The summed E-state index contributed by atoms with van der Waals surface area (Å²) in [6.45, 7) is 3.51. The highest BCUT2D eigenvalue weighted by Crippen LogP contribution is 2.37. The number of benzene rings is 2. The normalized spacial score (nSPS) is 22.6. The van der Waals surface area contributed by atoms with Crippen LogP contribution in [-0.2, 0) is 6.54 Å². The van der Waals surface area contributed by atoms with Crippen molar-refractivity contribution < 1.29 is 0 Å². The summed E-state index contributed by atoms with van der Waals surface area (Å²) in [6, 6.07) is 14.1. The number of nitrogens with zero attached hydrogens (tertiary/aromatic N) is 2. The molecular formula is C17H20N2. The van der Waals surface area contributed by atoms with Gasteiger partial charge in [-0.15, -0.1) is 0 Å². The molecule has 2 aromatic carbocycles. The van der Waals surface area contributed by atoms with E-state index < -0.39 is 0 Å². The van der Waals surface area contributed by atoms with Crippen LogP contribution in [0.25, 0.3) is 10.8 Å². The summed E-state index contributed by atoms with van der Waals surface area (Å²) in [6.07, 6.45) is 2.70. The molecule has 0 aliphatic carbocycles. The Labute approximate surface area is 114 Å².